The molecule has 0 bridgehead atoms. The zero-order valence-corrected chi connectivity index (χ0v) is 11.4. The SMILES string of the molecule is CNCc1cn(CC(=O)N2CCc3ccccc32)nn1. The number of nitrogens with zero attached hydrogens (tertiary/aromatic N) is 4. The molecular weight excluding hydrogens is 254 g/mol. The predicted octanol–water partition coefficient (Wildman–Crippen LogP) is 0.587. The van der Waals surface area contributed by atoms with Gasteiger partial charge < -0.3 is 10.2 Å². The molecule has 3 rings (SSSR count). The summed E-state index contributed by atoms with van der Waals surface area (Å²) in [4.78, 5) is 14.2. The summed E-state index contributed by atoms with van der Waals surface area (Å²) < 4.78 is 1.59. The molecule has 0 saturated carbocycles. The molecule has 2 aromatic rings. The van der Waals surface area contributed by atoms with Crippen LogP contribution < -0.4 is 10.2 Å². The van der Waals surface area contributed by atoms with Crippen molar-refractivity contribution in [1.29, 1.82) is 0 Å². The van der Waals surface area contributed by atoms with Gasteiger partial charge in [0.05, 0.1) is 11.9 Å². The third-order valence-electron chi connectivity index (χ3n) is 3.43. The van der Waals surface area contributed by atoms with Crippen molar-refractivity contribution >= 4 is 11.6 Å². The molecule has 1 amide bonds. The van der Waals surface area contributed by atoms with Crippen molar-refractivity contribution < 1.29 is 4.79 Å². The Balaban J connectivity index is 1.71. The highest BCUT2D eigenvalue weighted by atomic mass is 16.2. The molecule has 0 fully saturated rings. The van der Waals surface area contributed by atoms with Crippen LogP contribution in [0.2, 0.25) is 0 Å². The third kappa shape index (κ3) is 2.42. The number of nitrogens with one attached hydrogen (secondary N) is 1. The second kappa shape index (κ2) is 5.42. The van der Waals surface area contributed by atoms with Crippen LogP contribution in [0.15, 0.2) is 30.5 Å². The van der Waals surface area contributed by atoms with Crippen LogP contribution in [0.25, 0.3) is 0 Å². The van der Waals surface area contributed by atoms with Gasteiger partial charge in [0.1, 0.15) is 6.54 Å². The second-order valence-electron chi connectivity index (χ2n) is 4.86. The van der Waals surface area contributed by atoms with Crippen LogP contribution in [-0.4, -0.2) is 34.5 Å². The summed E-state index contributed by atoms with van der Waals surface area (Å²) in [7, 11) is 1.85. The maximum atomic E-state index is 12.4. The number of para-hydroxylation sites is 1. The van der Waals surface area contributed by atoms with Crippen LogP contribution in [-0.2, 0) is 24.3 Å². The summed E-state index contributed by atoms with van der Waals surface area (Å²) in [5, 5.41) is 11.0. The van der Waals surface area contributed by atoms with Crippen molar-refractivity contribution in [2.45, 2.75) is 19.5 Å². The summed E-state index contributed by atoms with van der Waals surface area (Å²) in [6, 6.07) is 8.04. The minimum Gasteiger partial charge on any atom is -0.314 e. The van der Waals surface area contributed by atoms with Gasteiger partial charge in [0.25, 0.3) is 0 Å². The van der Waals surface area contributed by atoms with Crippen molar-refractivity contribution in [2.24, 2.45) is 0 Å². The lowest BCUT2D eigenvalue weighted by Crippen LogP contribution is -2.32. The first-order valence-corrected chi connectivity index (χ1v) is 6.70. The number of rotatable bonds is 4. The Labute approximate surface area is 117 Å². The molecule has 0 radical (unpaired) electrons. The summed E-state index contributed by atoms with van der Waals surface area (Å²) in [6.07, 6.45) is 2.72. The van der Waals surface area contributed by atoms with Crippen molar-refractivity contribution in [3.05, 3.63) is 41.7 Å². The van der Waals surface area contributed by atoms with Crippen molar-refractivity contribution in [2.75, 3.05) is 18.5 Å². The van der Waals surface area contributed by atoms with Crippen LogP contribution >= 0.6 is 0 Å². The van der Waals surface area contributed by atoms with Crippen LogP contribution in [0.5, 0.6) is 0 Å². The molecule has 1 aromatic heterocycles. The Morgan fingerprint density at radius 2 is 2.25 bits per heavy atom. The number of aromatic nitrogens is 3. The van der Waals surface area contributed by atoms with Crippen molar-refractivity contribution in [3.63, 3.8) is 0 Å². The maximum absolute atomic E-state index is 12.4. The molecule has 2 heterocycles. The number of hydrogen-bond donors (Lipinski definition) is 1. The molecule has 20 heavy (non-hydrogen) atoms. The highest BCUT2D eigenvalue weighted by Gasteiger charge is 2.24. The minimum absolute atomic E-state index is 0.0517. The molecule has 1 aliphatic rings. The molecule has 0 atom stereocenters. The Morgan fingerprint density at radius 1 is 1.40 bits per heavy atom. The van der Waals surface area contributed by atoms with E-state index in [2.05, 4.69) is 21.7 Å². The van der Waals surface area contributed by atoms with Crippen molar-refractivity contribution in [3.8, 4) is 0 Å². The normalized spacial score (nSPS) is 13.6. The molecular formula is C14H17N5O. The van der Waals surface area contributed by atoms with Crippen LogP contribution in [0.1, 0.15) is 11.3 Å². The number of hydrogen-bond acceptors (Lipinski definition) is 4. The van der Waals surface area contributed by atoms with Gasteiger partial charge in [0, 0.05) is 18.8 Å². The number of fused-ring (bicyclic) bond motifs is 1. The number of carbonyl (C=O) groups is 1. The zero-order valence-electron chi connectivity index (χ0n) is 11.4. The quantitative estimate of drug-likeness (QED) is 0.884. The summed E-state index contributed by atoms with van der Waals surface area (Å²) >= 11 is 0. The molecule has 1 aromatic carbocycles. The fraction of sp³-hybridized carbons (Fsp3) is 0.357. The summed E-state index contributed by atoms with van der Waals surface area (Å²) in [5.74, 6) is 0.0517. The lowest BCUT2D eigenvalue weighted by atomic mass is 10.2. The first-order chi connectivity index (χ1) is 9.78. The van der Waals surface area contributed by atoms with E-state index in [1.54, 1.807) is 10.9 Å². The molecule has 1 N–H and O–H groups in total. The van der Waals surface area contributed by atoms with E-state index in [1.807, 2.05) is 30.1 Å². The van der Waals surface area contributed by atoms with Crippen molar-refractivity contribution in [1.82, 2.24) is 20.3 Å². The number of anilines is 1. The standard InChI is InChI=1S/C14H17N5O/c1-15-8-12-9-18(17-16-12)10-14(20)19-7-6-11-4-2-3-5-13(11)19/h2-5,9,15H,6-8,10H2,1H3. The van der Waals surface area contributed by atoms with Crippen LogP contribution in [0, 0.1) is 0 Å². The highest BCUT2D eigenvalue weighted by Crippen LogP contribution is 2.27. The topological polar surface area (TPSA) is 63.1 Å². The Hall–Kier alpha value is -2.21. The molecule has 0 saturated heterocycles. The van der Waals surface area contributed by atoms with Gasteiger partial charge in [-0.3, -0.25) is 4.79 Å². The minimum atomic E-state index is 0.0517. The van der Waals surface area contributed by atoms with E-state index in [1.165, 1.54) is 5.56 Å². The monoisotopic (exact) mass is 271 g/mol. The number of carbonyl (C=O) groups excluding carboxylic acids is 1. The van der Waals surface area contributed by atoms with Gasteiger partial charge in [-0.05, 0) is 25.1 Å². The molecule has 104 valence electrons. The molecule has 0 unspecified atom stereocenters. The Kier molecular flexibility index (Phi) is 3.47. The van der Waals surface area contributed by atoms with E-state index in [0.29, 0.717) is 6.54 Å². The molecule has 0 spiro atoms. The van der Waals surface area contributed by atoms with Gasteiger partial charge in [-0.25, -0.2) is 4.68 Å². The van der Waals surface area contributed by atoms with Gasteiger partial charge in [-0.1, -0.05) is 23.4 Å². The second-order valence-corrected chi connectivity index (χ2v) is 4.86. The lowest BCUT2D eigenvalue weighted by Gasteiger charge is -2.16. The lowest BCUT2D eigenvalue weighted by molar-refractivity contribution is -0.119. The van der Waals surface area contributed by atoms with Gasteiger partial charge in [-0.15, -0.1) is 5.10 Å². The van der Waals surface area contributed by atoms with E-state index in [-0.39, 0.29) is 12.5 Å². The number of benzene rings is 1. The van der Waals surface area contributed by atoms with E-state index >= 15 is 0 Å². The Bertz CT molecular complexity index is 622. The predicted molar refractivity (Wildman–Crippen MR) is 75.3 cm³/mol. The van der Waals surface area contributed by atoms with E-state index in [9.17, 15) is 4.79 Å². The smallest absolute Gasteiger partial charge is 0.248 e. The van der Waals surface area contributed by atoms with E-state index in [0.717, 1.165) is 24.3 Å². The van der Waals surface area contributed by atoms with E-state index < -0.39 is 0 Å². The average molecular weight is 271 g/mol. The van der Waals surface area contributed by atoms with Crippen LogP contribution in [0.3, 0.4) is 0 Å². The van der Waals surface area contributed by atoms with Crippen LogP contribution in [0.4, 0.5) is 5.69 Å². The largest absolute Gasteiger partial charge is 0.314 e. The van der Waals surface area contributed by atoms with Gasteiger partial charge in [0.2, 0.25) is 5.91 Å². The Morgan fingerprint density at radius 3 is 3.10 bits per heavy atom. The molecule has 0 aliphatic carbocycles. The van der Waals surface area contributed by atoms with Gasteiger partial charge in [0.15, 0.2) is 0 Å². The zero-order chi connectivity index (χ0) is 13.9. The van der Waals surface area contributed by atoms with Gasteiger partial charge >= 0.3 is 0 Å². The number of amides is 1. The summed E-state index contributed by atoms with van der Waals surface area (Å²) in [5.41, 5.74) is 3.09. The maximum Gasteiger partial charge on any atom is 0.248 e. The molecule has 6 heteroatoms. The third-order valence-corrected chi connectivity index (χ3v) is 3.43. The van der Waals surface area contributed by atoms with Gasteiger partial charge in [-0.2, -0.15) is 0 Å². The fourth-order valence-electron chi connectivity index (χ4n) is 2.50. The molecule has 1 aliphatic heterocycles. The first-order valence-electron chi connectivity index (χ1n) is 6.70. The summed E-state index contributed by atoms with van der Waals surface area (Å²) in [6.45, 7) is 1.63. The first kappa shape index (κ1) is 12.8. The average Bonchev–Trinajstić information content (AvgIpc) is 3.06. The van der Waals surface area contributed by atoms with E-state index in [4.69, 9.17) is 0 Å². The highest BCUT2D eigenvalue weighted by molar-refractivity contribution is 5.95. The molecule has 6 nitrogen and oxygen atoms in total. The fourth-order valence-corrected chi connectivity index (χ4v) is 2.50.